The van der Waals surface area contributed by atoms with E-state index < -0.39 is 40.3 Å². The lowest BCUT2D eigenvalue weighted by Gasteiger charge is -2.61. The van der Waals surface area contributed by atoms with Crippen LogP contribution < -0.4 is 10.1 Å². The Morgan fingerprint density at radius 3 is 2.33 bits per heavy atom. The van der Waals surface area contributed by atoms with Crippen molar-refractivity contribution in [1.82, 2.24) is 5.32 Å². The number of alkyl halides is 3. The highest BCUT2D eigenvalue weighted by molar-refractivity contribution is 8.00. The molecule has 0 radical (unpaired) electrons. The average Bonchev–Trinajstić information content (AvgIpc) is 2.88. The number of halogens is 4. The molecule has 42 heavy (non-hydrogen) atoms. The van der Waals surface area contributed by atoms with E-state index in [0.29, 0.717) is 48.4 Å². The van der Waals surface area contributed by atoms with Crippen LogP contribution in [0.2, 0.25) is 0 Å². The first kappa shape index (κ1) is 28.8. The van der Waals surface area contributed by atoms with Gasteiger partial charge in [0.1, 0.15) is 24.2 Å². The van der Waals surface area contributed by atoms with Gasteiger partial charge in [0.2, 0.25) is 0 Å². The number of rotatable bonds is 8. The van der Waals surface area contributed by atoms with Crippen LogP contribution in [0.15, 0.2) is 59.5 Å². The van der Waals surface area contributed by atoms with Gasteiger partial charge in [0.25, 0.3) is 5.91 Å². The third-order valence-corrected chi connectivity index (χ3v) is 9.67. The van der Waals surface area contributed by atoms with Gasteiger partial charge in [0.05, 0.1) is 11.2 Å². The number of aliphatic carboxylic acids is 1. The minimum absolute atomic E-state index is 0.0148. The fraction of sp³-hybridized carbons (Fsp3) is 0.419. The molecule has 4 aliphatic rings. The number of aliphatic hydroxyl groups is 1. The molecular weight excluding hydrogens is 574 g/mol. The molecule has 0 aliphatic heterocycles. The SMILES string of the molecule is O=C(NC(C(=O)O)C12CC3CC(CC(O)(C3)C1)C2)c1ccc2cc(F)ccc2c1OCc1ccc(SC(F)(F)F)cc1. The zero-order chi connectivity index (χ0) is 29.9. The molecule has 4 fully saturated rings. The van der Waals surface area contributed by atoms with Crippen LogP contribution in [0.5, 0.6) is 5.75 Å². The monoisotopic (exact) mass is 603 g/mol. The molecule has 7 rings (SSSR count). The van der Waals surface area contributed by atoms with Gasteiger partial charge >= 0.3 is 11.5 Å². The summed E-state index contributed by atoms with van der Waals surface area (Å²) in [4.78, 5) is 26.4. The molecule has 3 aromatic carbocycles. The number of hydrogen-bond acceptors (Lipinski definition) is 5. The molecule has 0 heterocycles. The van der Waals surface area contributed by atoms with Gasteiger partial charge in [-0.2, -0.15) is 13.2 Å². The first-order chi connectivity index (χ1) is 19.8. The molecule has 0 saturated heterocycles. The van der Waals surface area contributed by atoms with Crippen LogP contribution in [-0.2, 0) is 11.4 Å². The molecule has 4 saturated carbocycles. The second-order valence-corrected chi connectivity index (χ2v) is 13.2. The Balaban J connectivity index is 1.29. The predicted octanol–water partition coefficient (Wildman–Crippen LogP) is 6.68. The number of carboxylic acid groups (broad SMARTS) is 1. The molecule has 3 aromatic rings. The van der Waals surface area contributed by atoms with Crippen LogP contribution in [0.1, 0.15) is 54.4 Å². The zero-order valence-electron chi connectivity index (χ0n) is 22.4. The average molecular weight is 604 g/mol. The van der Waals surface area contributed by atoms with E-state index in [2.05, 4.69) is 5.32 Å². The smallest absolute Gasteiger partial charge is 0.446 e. The van der Waals surface area contributed by atoms with Gasteiger partial charge in [0, 0.05) is 15.7 Å². The molecule has 3 atom stereocenters. The summed E-state index contributed by atoms with van der Waals surface area (Å²) < 4.78 is 58.1. The van der Waals surface area contributed by atoms with Gasteiger partial charge in [-0.1, -0.05) is 18.2 Å². The van der Waals surface area contributed by atoms with Gasteiger partial charge in [-0.3, -0.25) is 4.79 Å². The Hall–Kier alpha value is -3.31. The van der Waals surface area contributed by atoms with Gasteiger partial charge in [0.15, 0.2) is 0 Å². The maximum absolute atomic E-state index is 14.0. The summed E-state index contributed by atoms with van der Waals surface area (Å²) >= 11 is -0.232. The van der Waals surface area contributed by atoms with Crippen molar-refractivity contribution in [2.45, 2.75) is 67.2 Å². The first-order valence-corrected chi connectivity index (χ1v) is 14.6. The number of amides is 1. The molecule has 0 spiro atoms. The fourth-order valence-electron chi connectivity index (χ4n) is 7.86. The van der Waals surface area contributed by atoms with Crippen LogP contribution in [-0.4, -0.2) is 39.2 Å². The molecule has 6 nitrogen and oxygen atoms in total. The summed E-state index contributed by atoms with van der Waals surface area (Å²) in [5, 5.41) is 25.1. The number of fused-ring (bicyclic) bond motifs is 1. The predicted molar refractivity (Wildman–Crippen MR) is 148 cm³/mol. The van der Waals surface area contributed by atoms with Gasteiger partial charge in [-0.25, -0.2) is 9.18 Å². The highest BCUT2D eigenvalue weighted by Crippen LogP contribution is 2.62. The number of benzene rings is 3. The van der Waals surface area contributed by atoms with Crippen LogP contribution >= 0.6 is 11.8 Å². The number of carbonyl (C=O) groups is 2. The van der Waals surface area contributed by atoms with E-state index in [1.54, 1.807) is 6.07 Å². The molecule has 4 bridgehead atoms. The van der Waals surface area contributed by atoms with Gasteiger partial charge in [-0.05, 0) is 109 Å². The second-order valence-electron chi connectivity index (χ2n) is 12.1. The Labute approximate surface area is 243 Å². The zero-order valence-corrected chi connectivity index (χ0v) is 23.2. The Morgan fingerprint density at radius 2 is 1.71 bits per heavy atom. The Morgan fingerprint density at radius 1 is 1.02 bits per heavy atom. The van der Waals surface area contributed by atoms with Crippen molar-refractivity contribution in [2.24, 2.45) is 17.3 Å². The number of thioether (sulfide) groups is 1. The van der Waals surface area contributed by atoms with Crippen molar-refractivity contribution in [2.75, 3.05) is 0 Å². The van der Waals surface area contributed by atoms with Gasteiger partial charge < -0.3 is 20.3 Å². The van der Waals surface area contributed by atoms with E-state index in [-0.39, 0.29) is 46.4 Å². The molecule has 0 aromatic heterocycles. The van der Waals surface area contributed by atoms with E-state index in [0.717, 1.165) is 6.42 Å². The number of nitrogens with one attached hydrogen (secondary N) is 1. The van der Waals surface area contributed by atoms with Crippen LogP contribution in [0.3, 0.4) is 0 Å². The Kier molecular flexibility index (Phi) is 7.16. The summed E-state index contributed by atoms with van der Waals surface area (Å²) in [6, 6.07) is 11.3. The van der Waals surface area contributed by atoms with E-state index in [1.165, 1.54) is 48.5 Å². The third-order valence-electron chi connectivity index (χ3n) is 8.93. The minimum atomic E-state index is -4.42. The molecule has 3 N–H and O–H groups in total. The highest BCUT2D eigenvalue weighted by Gasteiger charge is 2.61. The van der Waals surface area contributed by atoms with E-state index in [9.17, 15) is 37.4 Å². The van der Waals surface area contributed by atoms with Crippen molar-refractivity contribution < 1.29 is 42.1 Å². The van der Waals surface area contributed by atoms with Crippen LogP contribution in [0, 0.1) is 23.1 Å². The standard InChI is InChI=1S/C31H29F4NO5S/c32-21-4-8-23-20(10-21)3-7-24(25(23)41-15-17-1-5-22(6-2-17)42-31(33,34)35)27(37)36-26(28(38)39)29-11-18-9-19(12-29)14-30(40,13-18)16-29/h1-8,10,18-19,26,40H,9,11-16H2,(H,36,37)(H,38,39). The molecular formula is C31H29F4NO5S. The maximum Gasteiger partial charge on any atom is 0.446 e. The second kappa shape index (κ2) is 10.4. The summed E-state index contributed by atoms with van der Waals surface area (Å²) in [6.45, 7) is -0.101. The summed E-state index contributed by atoms with van der Waals surface area (Å²) in [5.74, 6) is -1.81. The van der Waals surface area contributed by atoms with Crippen molar-refractivity contribution in [3.05, 3.63) is 71.5 Å². The fourth-order valence-corrected chi connectivity index (χ4v) is 8.40. The number of carbonyl (C=O) groups excluding carboxylic acids is 1. The molecule has 1 amide bonds. The summed E-state index contributed by atoms with van der Waals surface area (Å²) in [6.07, 6.45) is 3.81. The van der Waals surface area contributed by atoms with E-state index in [4.69, 9.17) is 4.74 Å². The van der Waals surface area contributed by atoms with Crippen molar-refractivity contribution >= 4 is 34.4 Å². The molecule has 3 unspecified atom stereocenters. The largest absolute Gasteiger partial charge is 0.487 e. The Bertz CT molecular complexity index is 1530. The van der Waals surface area contributed by atoms with Crippen LogP contribution in [0.4, 0.5) is 17.6 Å². The lowest BCUT2D eigenvalue weighted by molar-refractivity contribution is -0.181. The van der Waals surface area contributed by atoms with E-state index in [1.807, 2.05) is 0 Å². The maximum atomic E-state index is 14.0. The molecule has 222 valence electrons. The van der Waals surface area contributed by atoms with Gasteiger partial charge in [-0.15, -0.1) is 0 Å². The quantitative estimate of drug-likeness (QED) is 0.196. The van der Waals surface area contributed by atoms with E-state index >= 15 is 0 Å². The van der Waals surface area contributed by atoms with Crippen molar-refractivity contribution in [3.8, 4) is 5.75 Å². The highest BCUT2D eigenvalue weighted by atomic mass is 32.2. The molecule has 4 aliphatic carbocycles. The number of carboxylic acids is 1. The number of hydrogen-bond donors (Lipinski definition) is 3. The molecule has 11 heteroatoms. The third kappa shape index (κ3) is 5.68. The number of ether oxygens (including phenoxy) is 1. The lowest BCUT2D eigenvalue weighted by Crippen LogP contribution is -2.64. The lowest BCUT2D eigenvalue weighted by atomic mass is 9.46. The van der Waals surface area contributed by atoms with Crippen molar-refractivity contribution in [1.29, 1.82) is 0 Å². The minimum Gasteiger partial charge on any atom is -0.487 e. The first-order valence-electron chi connectivity index (χ1n) is 13.8. The van der Waals surface area contributed by atoms with Crippen molar-refractivity contribution in [3.63, 3.8) is 0 Å². The normalized spacial score (nSPS) is 27.2. The summed E-state index contributed by atoms with van der Waals surface area (Å²) in [7, 11) is 0. The summed E-state index contributed by atoms with van der Waals surface area (Å²) in [5.41, 5.74) is -5.51. The topological polar surface area (TPSA) is 95.9 Å². The van der Waals surface area contributed by atoms with Crippen LogP contribution in [0.25, 0.3) is 10.8 Å².